The number of phosphoric ester groups is 2. The first-order valence-electron chi connectivity index (χ1n) is 40.3. The molecule has 0 rings (SSSR count). The van der Waals surface area contributed by atoms with E-state index in [4.69, 9.17) is 37.0 Å². The molecule has 0 aliphatic rings. The van der Waals surface area contributed by atoms with Gasteiger partial charge >= 0.3 is 39.5 Å². The lowest BCUT2D eigenvalue weighted by Crippen LogP contribution is -2.30. The lowest BCUT2D eigenvalue weighted by atomic mass is 9.99. The first-order valence-corrected chi connectivity index (χ1v) is 43.3. The van der Waals surface area contributed by atoms with Crippen LogP contribution in [0.2, 0.25) is 0 Å². The summed E-state index contributed by atoms with van der Waals surface area (Å²) in [5.41, 5.74) is 0. The van der Waals surface area contributed by atoms with Crippen LogP contribution in [0.3, 0.4) is 0 Å². The molecule has 0 aromatic heterocycles. The van der Waals surface area contributed by atoms with Crippen LogP contribution in [0.15, 0.2) is 0 Å². The second-order valence-corrected chi connectivity index (χ2v) is 32.2. The molecule has 0 aromatic carbocycles. The molecule has 0 saturated carbocycles. The smallest absolute Gasteiger partial charge is 0.462 e. The van der Waals surface area contributed by atoms with Crippen molar-refractivity contribution in [1.29, 1.82) is 0 Å². The van der Waals surface area contributed by atoms with E-state index in [1.54, 1.807) is 0 Å². The molecule has 0 saturated heterocycles. The van der Waals surface area contributed by atoms with Crippen molar-refractivity contribution in [3.8, 4) is 0 Å². The topological polar surface area (TPSA) is 237 Å². The van der Waals surface area contributed by atoms with Crippen molar-refractivity contribution >= 4 is 39.5 Å². The van der Waals surface area contributed by atoms with Crippen LogP contribution in [0.5, 0.6) is 0 Å². The van der Waals surface area contributed by atoms with Crippen molar-refractivity contribution in [2.45, 2.75) is 414 Å². The van der Waals surface area contributed by atoms with Crippen molar-refractivity contribution in [3.05, 3.63) is 0 Å². The lowest BCUT2D eigenvalue weighted by Gasteiger charge is -2.21. The van der Waals surface area contributed by atoms with Crippen molar-refractivity contribution < 1.29 is 80.2 Å². The fourth-order valence-electron chi connectivity index (χ4n) is 11.8. The average molecular weight is 1420 g/mol. The van der Waals surface area contributed by atoms with E-state index in [0.29, 0.717) is 25.7 Å². The predicted molar refractivity (Wildman–Crippen MR) is 395 cm³/mol. The molecule has 0 aromatic rings. The van der Waals surface area contributed by atoms with E-state index in [1.807, 2.05) is 0 Å². The van der Waals surface area contributed by atoms with Gasteiger partial charge in [-0.05, 0) is 49.4 Å². The highest BCUT2D eigenvalue weighted by atomic mass is 31.2. The zero-order chi connectivity index (χ0) is 71.7. The Hall–Kier alpha value is -1.94. The standard InChI is InChI=1S/C78H152O17P2/c1-9-69(6)55-47-39-31-25-20-22-27-33-42-50-58-75(80)88-64-73(94-77(82)60-52-44-34-28-19-17-15-13-12-14-16-18-24-30-38-46-54-68(4)5)66-92-96(84,85)90-62-72(79)63-91-97(86,87)93-67-74(65-89-76(81)59-51-43-37-36-41-49-57-71(8)11-3)95-78(83)61-53-45-35-29-23-21-26-32-40-48-56-70(7)10-2/h68-74,79H,9-67H2,1-8H3,(H,84,85)(H,86,87)/t69?,70?,71?,72-,73-,74-/m1/s1. The van der Waals surface area contributed by atoms with E-state index >= 15 is 0 Å². The number of phosphoric acid groups is 2. The Balaban J connectivity index is 5.26. The number of aliphatic hydroxyl groups excluding tert-OH is 1. The Morgan fingerprint density at radius 3 is 0.732 bits per heavy atom. The van der Waals surface area contributed by atoms with Gasteiger partial charge < -0.3 is 33.8 Å². The van der Waals surface area contributed by atoms with Crippen LogP contribution in [0.4, 0.5) is 0 Å². The Morgan fingerprint density at radius 2 is 0.495 bits per heavy atom. The van der Waals surface area contributed by atoms with E-state index in [2.05, 4.69) is 55.4 Å². The minimum absolute atomic E-state index is 0.105. The molecule has 0 bridgehead atoms. The van der Waals surface area contributed by atoms with Gasteiger partial charge in [-0.15, -0.1) is 0 Å². The molecule has 0 aliphatic heterocycles. The maximum absolute atomic E-state index is 13.1. The summed E-state index contributed by atoms with van der Waals surface area (Å²) in [6.07, 6.45) is 52.6. The third-order valence-corrected chi connectivity index (χ3v) is 21.1. The number of esters is 4. The first kappa shape index (κ1) is 95.1. The van der Waals surface area contributed by atoms with Crippen LogP contribution in [0.25, 0.3) is 0 Å². The number of ether oxygens (including phenoxy) is 4. The zero-order valence-electron chi connectivity index (χ0n) is 63.7. The second-order valence-electron chi connectivity index (χ2n) is 29.3. The van der Waals surface area contributed by atoms with E-state index in [0.717, 1.165) is 120 Å². The number of aliphatic hydroxyl groups is 1. The molecule has 0 radical (unpaired) electrons. The van der Waals surface area contributed by atoms with Gasteiger partial charge in [0.05, 0.1) is 26.4 Å². The van der Waals surface area contributed by atoms with Gasteiger partial charge in [-0.1, -0.05) is 344 Å². The monoisotopic (exact) mass is 1420 g/mol. The molecular weight excluding hydrogens is 1270 g/mol. The van der Waals surface area contributed by atoms with Crippen molar-refractivity contribution in [2.24, 2.45) is 23.7 Å². The van der Waals surface area contributed by atoms with Crippen LogP contribution < -0.4 is 0 Å². The summed E-state index contributed by atoms with van der Waals surface area (Å²) in [5.74, 6) is 1.03. The number of hydrogen-bond acceptors (Lipinski definition) is 15. The molecule has 5 unspecified atom stereocenters. The van der Waals surface area contributed by atoms with Gasteiger partial charge in [-0.3, -0.25) is 37.3 Å². The quantitative estimate of drug-likeness (QED) is 0.0222. The van der Waals surface area contributed by atoms with E-state index in [-0.39, 0.29) is 25.7 Å². The fourth-order valence-corrected chi connectivity index (χ4v) is 13.4. The van der Waals surface area contributed by atoms with Gasteiger partial charge in [0.2, 0.25) is 0 Å². The Kier molecular flexibility index (Phi) is 65.9. The van der Waals surface area contributed by atoms with E-state index in [1.165, 1.54) is 193 Å². The van der Waals surface area contributed by atoms with Gasteiger partial charge in [0, 0.05) is 25.7 Å². The lowest BCUT2D eigenvalue weighted by molar-refractivity contribution is -0.161. The Morgan fingerprint density at radius 1 is 0.289 bits per heavy atom. The summed E-state index contributed by atoms with van der Waals surface area (Å²) in [7, 11) is -9.92. The van der Waals surface area contributed by atoms with Crippen molar-refractivity contribution in [3.63, 3.8) is 0 Å². The molecule has 0 fully saturated rings. The molecule has 0 amide bonds. The van der Waals surface area contributed by atoms with Crippen LogP contribution in [0, 0.1) is 23.7 Å². The van der Waals surface area contributed by atoms with Gasteiger partial charge in [-0.25, -0.2) is 9.13 Å². The molecule has 0 aliphatic carbocycles. The van der Waals surface area contributed by atoms with Crippen molar-refractivity contribution in [2.75, 3.05) is 39.6 Å². The molecule has 576 valence electrons. The summed E-state index contributed by atoms with van der Waals surface area (Å²) >= 11 is 0. The Labute approximate surface area is 594 Å². The minimum Gasteiger partial charge on any atom is -0.462 e. The molecule has 0 heterocycles. The molecule has 17 nitrogen and oxygen atoms in total. The third kappa shape index (κ3) is 68.3. The third-order valence-electron chi connectivity index (χ3n) is 19.2. The SMILES string of the molecule is CCC(C)CCCCCCCCCCCCC(=O)OC[C@H](COP(=O)(O)OC[C@@H](O)COP(=O)(O)OC[C@@H](COC(=O)CCCCCCCCC(C)CC)OC(=O)CCCCCCCCCCCCC(C)CC)OC(=O)CCCCCCCCCCCCCCCCCCC(C)C. The normalized spacial score (nSPS) is 14.9. The summed E-state index contributed by atoms with van der Waals surface area (Å²) in [6.45, 7) is 14.3. The number of carbonyl (C=O) groups is 4. The van der Waals surface area contributed by atoms with Crippen LogP contribution in [-0.2, 0) is 65.4 Å². The maximum atomic E-state index is 13.1. The van der Waals surface area contributed by atoms with Crippen LogP contribution in [-0.4, -0.2) is 96.7 Å². The summed E-state index contributed by atoms with van der Waals surface area (Å²) < 4.78 is 68.6. The molecular formula is C78H152O17P2. The number of hydrogen-bond donors (Lipinski definition) is 3. The van der Waals surface area contributed by atoms with E-state index in [9.17, 15) is 43.2 Å². The molecule has 0 spiro atoms. The van der Waals surface area contributed by atoms with Gasteiger partial charge in [0.25, 0.3) is 0 Å². The largest absolute Gasteiger partial charge is 0.472 e. The highest BCUT2D eigenvalue weighted by Gasteiger charge is 2.30. The molecule has 8 atom stereocenters. The zero-order valence-corrected chi connectivity index (χ0v) is 65.5. The first-order chi connectivity index (χ1) is 46.7. The predicted octanol–water partition coefficient (Wildman–Crippen LogP) is 22.8. The van der Waals surface area contributed by atoms with Gasteiger partial charge in [0.15, 0.2) is 12.2 Å². The maximum Gasteiger partial charge on any atom is 0.472 e. The number of carbonyl (C=O) groups excluding carboxylic acids is 4. The van der Waals surface area contributed by atoms with Crippen LogP contribution in [0.1, 0.15) is 396 Å². The average Bonchev–Trinajstić information content (AvgIpc) is 2.10. The highest BCUT2D eigenvalue weighted by molar-refractivity contribution is 7.47. The fraction of sp³-hybridized carbons (Fsp3) is 0.949. The summed E-state index contributed by atoms with van der Waals surface area (Å²) in [4.78, 5) is 72.9. The number of unbranched alkanes of at least 4 members (excludes halogenated alkanes) is 38. The van der Waals surface area contributed by atoms with Gasteiger partial charge in [0.1, 0.15) is 19.3 Å². The Bertz CT molecular complexity index is 1910. The van der Waals surface area contributed by atoms with Crippen molar-refractivity contribution in [1.82, 2.24) is 0 Å². The van der Waals surface area contributed by atoms with Crippen LogP contribution >= 0.6 is 15.6 Å². The van der Waals surface area contributed by atoms with Gasteiger partial charge in [-0.2, -0.15) is 0 Å². The molecule has 97 heavy (non-hydrogen) atoms. The van der Waals surface area contributed by atoms with E-state index < -0.39 is 97.5 Å². The summed E-state index contributed by atoms with van der Waals surface area (Å²) in [5, 5.41) is 10.6. The molecule has 3 N–H and O–H groups in total. The second kappa shape index (κ2) is 67.2. The molecule has 19 heteroatoms. The minimum atomic E-state index is -4.96. The highest BCUT2D eigenvalue weighted by Crippen LogP contribution is 2.45. The number of rotatable bonds is 75. The summed E-state index contributed by atoms with van der Waals surface area (Å²) in [6, 6.07) is 0.